The third kappa shape index (κ3) is 22.5. The van der Waals surface area contributed by atoms with Gasteiger partial charge in [-0.2, -0.15) is 0 Å². The first-order valence-electron chi connectivity index (χ1n) is 15.0. The van der Waals surface area contributed by atoms with Gasteiger partial charge in [-0.15, -0.1) is 23.7 Å². The Bertz CT molecular complexity index is 817. The Kier molecular flexibility index (Phi) is 17.7. The van der Waals surface area contributed by atoms with Crippen molar-refractivity contribution in [1.82, 2.24) is 4.98 Å². The minimum atomic E-state index is -10.7. The Morgan fingerprint density at radius 2 is 0.756 bits per heavy atom. The van der Waals surface area contributed by atoms with E-state index in [0.29, 0.717) is 7.92 Å². The molecule has 0 aliphatic heterocycles. The summed E-state index contributed by atoms with van der Waals surface area (Å²) >= 11 is 0. The molecule has 1 aromatic rings. The van der Waals surface area contributed by atoms with Crippen molar-refractivity contribution >= 4 is 15.7 Å². The van der Waals surface area contributed by atoms with E-state index < -0.39 is 7.81 Å². The third-order valence-electron chi connectivity index (χ3n) is 7.56. The van der Waals surface area contributed by atoms with Gasteiger partial charge < -0.3 is 0 Å². The van der Waals surface area contributed by atoms with Crippen molar-refractivity contribution in [2.75, 3.05) is 0 Å². The normalized spacial score (nSPS) is 21.6. The van der Waals surface area contributed by atoms with E-state index in [-0.39, 0.29) is 20.1 Å². The topological polar surface area (TPSA) is 12.9 Å². The molecule has 0 spiro atoms. The van der Waals surface area contributed by atoms with Crippen LogP contribution in [0.25, 0.3) is 0 Å². The molecule has 237 valence electrons. The zero-order valence-electron chi connectivity index (χ0n) is 24.0. The molecule has 1 nitrogen and oxygen atoms in total. The van der Waals surface area contributed by atoms with Crippen LogP contribution in [0, 0.1) is 23.7 Å². The summed E-state index contributed by atoms with van der Waals surface area (Å²) in [7, 11) is -10.3. The summed E-state index contributed by atoms with van der Waals surface area (Å²) in [4.78, 5) is 3.78. The van der Waals surface area contributed by atoms with Crippen LogP contribution in [-0.4, -0.2) is 22.0 Å². The predicted molar refractivity (Wildman–Crippen MR) is 159 cm³/mol. The van der Waals surface area contributed by atoms with Gasteiger partial charge in [0, 0.05) is 58.2 Å². The second-order valence-electron chi connectivity index (χ2n) is 11.0. The SMILES string of the molecule is C1#CCCC#CCC1.C1CCC(P(C2CCCCC2)C2CCCCC2)CC1.F[P-](F)(F)(F)(F)F.[Ir].c1ccncc1. The first-order valence-corrected chi connectivity index (χ1v) is 18.6. The van der Waals surface area contributed by atoms with Crippen LogP contribution in [0.1, 0.15) is 122 Å². The summed E-state index contributed by atoms with van der Waals surface area (Å²) in [5.41, 5.74) is 3.57. The van der Waals surface area contributed by atoms with Crippen LogP contribution in [0.15, 0.2) is 30.6 Å². The van der Waals surface area contributed by atoms with Gasteiger partial charge in [0.1, 0.15) is 0 Å². The van der Waals surface area contributed by atoms with Crippen molar-refractivity contribution in [3.05, 3.63) is 30.6 Å². The van der Waals surface area contributed by atoms with Crippen LogP contribution >= 0.6 is 15.7 Å². The Balaban J connectivity index is 0.000000317. The summed E-state index contributed by atoms with van der Waals surface area (Å²) in [6.07, 6.45) is 31.0. The molecule has 41 heavy (non-hydrogen) atoms. The number of aromatic nitrogens is 1. The Morgan fingerprint density at radius 1 is 0.488 bits per heavy atom. The van der Waals surface area contributed by atoms with Crippen LogP contribution in [0.4, 0.5) is 25.2 Å². The summed E-state index contributed by atoms with van der Waals surface area (Å²) in [6, 6.07) is 5.72. The zero-order chi connectivity index (χ0) is 29.2. The molecule has 10 heteroatoms. The van der Waals surface area contributed by atoms with E-state index >= 15 is 0 Å². The van der Waals surface area contributed by atoms with Crippen molar-refractivity contribution < 1.29 is 45.3 Å². The molecule has 0 atom stereocenters. The van der Waals surface area contributed by atoms with Crippen LogP contribution in [0.3, 0.4) is 0 Å². The van der Waals surface area contributed by atoms with E-state index in [0.717, 1.165) is 25.7 Å². The van der Waals surface area contributed by atoms with Crippen LogP contribution in [-0.2, 0) is 20.1 Å². The van der Waals surface area contributed by atoms with Crippen molar-refractivity contribution in [2.45, 2.75) is 139 Å². The van der Waals surface area contributed by atoms with E-state index in [2.05, 4.69) is 28.7 Å². The smallest absolute Gasteiger partial charge is 0.0267 e. The molecule has 0 saturated heterocycles. The van der Waals surface area contributed by atoms with Gasteiger partial charge in [-0.1, -0.05) is 71.8 Å². The molecule has 5 rings (SSSR count). The number of halogens is 6. The first kappa shape index (κ1) is 38.4. The average Bonchev–Trinajstić information content (AvgIpc) is 2.90. The molecule has 0 N–H and O–H groups in total. The van der Waals surface area contributed by atoms with Gasteiger partial charge in [-0.3, -0.25) is 4.98 Å². The van der Waals surface area contributed by atoms with E-state index in [1.165, 1.54) is 36.2 Å². The minimum absolute atomic E-state index is 0. The van der Waals surface area contributed by atoms with Gasteiger partial charge in [0.25, 0.3) is 0 Å². The molecular weight excluding hydrogens is 755 g/mol. The number of hydrogen-bond acceptors (Lipinski definition) is 1. The molecule has 0 amide bonds. The fourth-order valence-electron chi connectivity index (χ4n) is 5.95. The molecule has 0 bridgehead atoms. The minimum Gasteiger partial charge on any atom is -0.265 e. The summed E-state index contributed by atoms with van der Waals surface area (Å²) < 4.78 is 59.2. The van der Waals surface area contributed by atoms with Crippen molar-refractivity contribution in [3.63, 3.8) is 0 Å². The van der Waals surface area contributed by atoms with Crippen molar-refractivity contribution in [2.24, 2.45) is 0 Å². The van der Waals surface area contributed by atoms with Crippen molar-refractivity contribution in [3.8, 4) is 23.7 Å². The van der Waals surface area contributed by atoms with Gasteiger partial charge in [0.2, 0.25) is 0 Å². The second-order valence-corrected chi connectivity index (χ2v) is 16.0. The molecule has 1 aromatic heterocycles. The summed E-state index contributed by atoms with van der Waals surface area (Å²) in [5.74, 6) is 12.1. The molecule has 0 unspecified atom stereocenters. The van der Waals surface area contributed by atoms with E-state index in [4.69, 9.17) is 0 Å². The van der Waals surface area contributed by atoms with E-state index in [9.17, 15) is 25.2 Å². The first-order chi connectivity index (χ1) is 18.9. The number of nitrogens with zero attached hydrogens (tertiary/aromatic N) is 1. The zero-order valence-corrected chi connectivity index (χ0v) is 28.2. The number of pyridine rings is 1. The van der Waals surface area contributed by atoms with Gasteiger partial charge in [-0.25, -0.2) is 0 Å². The van der Waals surface area contributed by atoms with Gasteiger partial charge >= 0.3 is 33.0 Å². The molecule has 4 aliphatic carbocycles. The maximum Gasteiger partial charge on any atom is 0.0267 e. The molecule has 3 fully saturated rings. The number of rotatable bonds is 3. The predicted octanol–water partition coefficient (Wildman–Crippen LogP) is 12.5. The van der Waals surface area contributed by atoms with Crippen LogP contribution in [0.2, 0.25) is 0 Å². The molecular formula is C31H46F6IrNP2-. The standard InChI is InChI=1S/C18H33P.C8H8.C5H5N.F6P.Ir/c1-4-10-16(11-5-1)19(17-12-6-2-7-13-17)18-14-8-3-9-15-18;1-2-4-6-8-7-5-3-1;1-2-4-6-5-3-1;1-7(2,3,4,5)6;/h16-18H,1-15H2;1-2,7-8H2;1-5H;;/q;;;-1;. The van der Waals surface area contributed by atoms with Crippen molar-refractivity contribution in [1.29, 1.82) is 0 Å². The molecule has 4 aliphatic rings. The van der Waals surface area contributed by atoms with Crippen LogP contribution < -0.4 is 0 Å². The molecule has 1 heterocycles. The summed E-state index contributed by atoms with van der Waals surface area (Å²) in [5, 5.41) is 0. The van der Waals surface area contributed by atoms with E-state index in [1.807, 2.05) is 18.2 Å². The van der Waals surface area contributed by atoms with E-state index in [1.54, 1.807) is 89.4 Å². The summed E-state index contributed by atoms with van der Waals surface area (Å²) in [6.45, 7) is 0. The number of hydrogen-bond donors (Lipinski definition) is 0. The largest absolute Gasteiger partial charge is 0.265 e. The monoisotopic (exact) mass is 801 g/mol. The molecule has 0 aromatic carbocycles. The maximum atomic E-state index is 9.87. The molecule has 1 radical (unpaired) electrons. The fourth-order valence-corrected chi connectivity index (χ4v) is 10.6. The third-order valence-corrected chi connectivity index (χ3v) is 11.6. The second kappa shape index (κ2) is 18.9. The van der Waals surface area contributed by atoms with Gasteiger partial charge in [0.15, 0.2) is 0 Å². The average molecular weight is 801 g/mol. The maximum absolute atomic E-state index is 10.7. The Morgan fingerprint density at radius 3 is 0.951 bits per heavy atom. The Hall–Kier alpha value is -0.641. The fraction of sp³-hybridized carbons (Fsp3) is 0.710. The Labute approximate surface area is 258 Å². The van der Waals surface area contributed by atoms with Gasteiger partial charge in [0.05, 0.1) is 0 Å². The molecule has 3 saturated carbocycles. The quantitative estimate of drug-likeness (QED) is 0.169. The van der Waals surface area contributed by atoms with Crippen LogP contribution in [0.5, 0.6) is 0 Å². The van der Waals surface area contributed by atoms with Gasteiger partial charge in [-0.05, 0) is 67.6 Å².